The summed E-state index contributed by atoms with van der Waals surface area (Å²) in [6, 6.07) is 0. The molecule has 2 aliphatic rings. The minimum Gasteiger partial charge on any atom is -0.379 e. The summed E-state index contributed by atoms with van der Waals surface area (Å²) in [6.45, 7) is 8.64. The van der Waals surface area contributed by atoms with Crippen molar-refractivity contribution in [3.05, 3.63) is 11.1 Å². The number of nitrogen functional groups attached to an aromatic ring is 1. The minimum absolute atomic E-state index is 0.682. The largest absolute Gasteiger partial charge is 0.379 e. The smallest absolute Gasteiger partial charge is 0.180 e. The molecule has 2 aliphatic heterocycles. The Labute approximate surface area is 124 Å². The van der Waals surface area contributed by atoms with Crippen LogP contribution in [0.1, 0.15) is 17.7 Å². The molecule has 0 amide bonds. The molecular formula is C14H24N4OS. The normalized spacial score (nSPS) is 25.9. The van der Waals surface area contributed by atoms with Gasteiger partial charge < -0.3 is 10.5 Å². The predicted octanol–water partition coefficient (Wildman–Crippen LogP) is 1.27. The van der Waals surface area contributed by atoms with E-state index in [1.165, 1.54) is 37.4 Å². The molecule has 112 valence electrons. The lowest BCUT2D eigenvalue weighted by molar-refractivity contribution is 0.0225. The second-order valence-electron chi connectivity index (χ2n) is 5.82. The van der Waals surface area contributed by atoms with E-state index < -0.39 is 0 Å². The van der Waals surface area contributed by atoms with Gasteiger partial charge in [0.2, 0.25) is 0 Å². The second-order valence-corrected chi connectivity index (χ2v) is 6.97. The second kappa shape index (κ2) is 6.85. The molecule has 1 unspecified atom stereocenters. The molecule has 1 aromatic heterocycles. The Kier molecular flexibility index (Phi) is 4.88. The standard InChI is InChI=1S/C14H24N4OS/c15-14-16-8-13(20-14)11-18-3-1-2-12(10-18)9-17-4-6-19-7-5-17/h8,12H,1-7,9-11H2,(H2,15,16). The number of anilines is 1. The number of hydrogen-bond acceptors (Lipinski definition) is 6. The number of ether oxygens (including phenoxy) is 1. The maximum absolute atomic E-state index is 5.71. The Morgan fingerprint density at radius 3 is 2.90 bits per heavy atom. The lowest BCUT2D eigenvalue weighted by Gasteiger charge is -2.36. The van der Waals surface area contributed by atoms with Crippen molar-refractivity contribution in [1.29, 1.82) is 0 Å². The van der Waals surface area contributed by atoms with Crippen LogP contribution in [0.5, 0.6) is 0 Å². The van der Waals surface area contributed by atoms with E-state index in [0.717, 1.165) is 38.8 Å². The van der Waals surface area contributed by atoms with Gasteiger partial charge in [-0.3, -0.25) is 9.80 Å². The maximum atomic E-state index is 5.71. The summed E-state index contributed by atoms with van der Waals surface area (Å²) in [5, 5.41) is 0.682. The number of nitrogens with zero attached hydrogens (tertiary/aromatic N) is 3. The van der Waals surface area contributed by atoms with Gasteiger partial charge in [0.05, 0.1) is 13.2 Å². The van der Waals surface area contributed by atoms with Gasteiger partial charge in [-0.05, 0) is 25.3 Å². The highest BCUT2D eigenvalue weighted by Gasteiger charge is 2.23. The number of likely N-dealkylation sites (tertiary alicyclic amines) is 1. The van der Waals surface area contributed by atoms with Crippen LogP contribution in [0.4, 0.5) is 5.13 Å². The summed E-state index contributed by atoms with van der Waals surface area (Å²) in [5.74, 6) is 0.798. The zero-order chi connectivity index (χ0) is 13.8. The molecule has 0 aliphatic carbocycles. The molecule has 0 spiro atoms. The maximum Gasteiger partial charge on any atom is 0.180 e. The average Bonchev–Trinajstić information content (AvgIpc) is 2.86. The van der Waals surface area contributed by atoms with Gasteiger partial charge in [0, 0.05) is 43.8 Å². The Morgan fingerprint density at radius 1 is 1.30 bits per heavy atom. The molecule has 0 bridgehead atoms. The van der Waals surface area contributed by atoms with Crippen molar-refractivity contribution < 1.29 is 4.74 Å². The molecule has 2 saturated heterocycles. The quantitative estimate of drug-likeness (QED) is 0.907. The molecular weight excluding hydrogens is 272 g/mol. The third-order valence-electron chi connectivity index (χ3n) is 4.17. The number of piperidine rings is 1. The molecule has 5 nitrogen and oxygen atoms in total. The molecule has 20 heavy (non-hydrogen) atoms. The molecule has 2 N–H and O–H groups in total. The van der Waals surface area contributed by atoms with E-state index in [1.807, 2.05) is 6.20 Å². The Hall–Kier alpha value is -0.690. The molecule has 1 atom stereocenters. The van der Waals surface area contributed by atoms with Crippen molar-refractivity contribution in [1.82, 2.24) is 14.8 Å². The van der Waals surface area contributed by atoms with Crippen LogP contribution in [0.25, 0.3) is 0 Å². The van der Waals surface area contributed by atoms with E-state index in [4.69, 9.17) is 10.5 Å². The topological polar surface area (TPSA) is 54.6 Å². The number of rotatable bonds is 4. The van der Waals surface area contributed by atoms with Gasteiger partial charge in [-0.2, -0.15) is 0 Å². The number of aromatic nitrogens is 1. The molecule has 6 heteroatoms. The molecule has 0 aromatic carbocycles. The van der Waals surface area contributed by atoms with Crippen molar-refractivity contribution in [2.24, 2.45) is 5.92 Å². The van der Waals surface area contributed by atoms with Crippen LogP contribution in [0.2, 0.25) is 0 Å². The third kappa shape index (κ3) is 3.91. The average molecular weight is 296 g/mol. The monoisotopic (exact) mass is 296 g/mol. The van der Waals surface area contributed by atoms with Crippen molar-refractivity contribution in [3.63, 3.8) is 0 Å². The fraction of sp³-hybridized carbons (Fsp3) is 0.786. The fourth-order valence-electron chi connectivity index (χ4n) is 3.21. The molecule has 0 radical (unpaired) electrons. The Balaban J connectivity index is 1.48. The van der Waals surface area contributed by atoms with Gasteiger partial charge in [-0.25, -0.2) is 4.98 Å². The van der Waals surface area contributed by atoms with E-state index in [-0.39, 0.29) is 0 Å². The van der Waals surface area contributed by atoms with E-state index in [0.29, 0.717) is 5.13 Å². The highest BCUT2D eigenvalue weighted by Crippen LogP contribution is 2.22. The SMILES string of the molecule is Nc1ncc(CN2CCCC(CN3CCOCC3)C2)s1. The van der Waals surface area contributed by atoms with Crippen molar-refractivity contribution in [3.8, 4) is 0 Å². The third-order valence-corrected chi connectivity index (χ3v) is 4.99. The van der Waals surface area contributed by atoms with Crippen LogP contribution in [-0.4, -0.2) is 60.7 Å². The van der Waals surface area contributed by atoms with Gasteiger partial charge in [0.1, 0.15) is 0 Å². The molecule has 0 saturated carbocycles. The van der Waals surface area contributed by atoms with Gasteiger partial charge in [-0.1, -0.05) is 0 Å². The Morgan fingerprint density at radius 2 is 2.15 bits per heavy atom. The fourth-order valence-corrected chi connectivity index (χ4v) is 3.94. The van der Waals surface area contributed by atoms with Crippen LogP contribution >= 0.6 is 11.3 Å². The lowest BCUT2D eigenvalue weighted by atomic mass is 9.97. The lowest BCUT2D eigenvalue weighted by Crippen LogP contribution is -2.44. The highest BCUT2D eigenvalue weighted by atomic mass is 32.1. The van der Waals surface area contributed by atoms with Crippen LogP contribution in [0.15, 0.2) is 6.20 Å². The first-order valence-corrected chi connectivity index (χ1v) is 8.34. The van der Waals surface area contributed by atoms with E-state index >= 15 is 0 Å². The summed E-state index contributed by atoms with van der Waals surface area (Å²) in [5.41, 5.74) is 5.71. The highest BCUT2D eigenvalue weighted by molar-refractivity contribution is 7.15. The van der Waals surface area contributed by atoms with E-state index in [2.05, 4.69) is 14.8 Å². The van der Waals surface area contributed by atoms with Crippen LogP contribution in [0, 0.1) is 5.92 Å². The number of hydrogen-bond donors (Lipinski definition) is 1. The summed E-state index contributed by atoms with van der Waals surface area (Å²) in [6.07, 6.45) is 4.59. The Bertz CT molecular complexity index is 419. The van der Waals surface area contributed by atoms with Gasteiger partial charge >= 0.3 is 0 Å². The minimum atomic E-state index is 0.682. The van der Waals surface area contributed by atoms with Gasteiger partial charge in [0.15, 0.2) is 5.13 Å². The zero-order valence-electron chi connectivity index (χ0n) is 12.0. The van der Waals surface area contributed by atoms with Crippen molar-refractivity contribution in [2.45, 2.75) is 19.4 Å². The van der Waals surface area contributed by atoms with Crippen molar-refractivity contribution >= 4 is 16.5 Å². The zero-order valence-corrected chi connectivity index (χ0v) is 12.8. The number of thiazole rings is 1. The molecule has 3 rings (SSSR count). The number of nitrogens with two attached hydrogens (primary N) is 1. The van der Waals surface area contributed by atoms with Gasteiger partial charge in [-0.15, -0.1) is 11.3 Å². The summed E-state index contributed by atoms with van der Waals surface area (Å²) >= 11 is 1.62. The summed E-state index contributed by atoms with van der Waals surface area (Å²) in [7, 11) is 0. The van der Waals surface area contributed by atoms with Gasteiger partial charge in [0.25, 0.3) is 0 Å². The summed E-state index contributed by atoms with van der Waals surface area (Å²) < 4.78 is 5.42. The number of morpholine rings is 1. The van der Waals surface area contributed by atoms with Crippen molar-refractivity contribution in [2.75, 3.05) is 51.7 Å². The first kappa shape index (κ1) is 14.3. The summed E-state index contributed by atoms with van der Waals surface area (Å²) in [4.78, 5) is 10.5. The first-order valence-electron chi connectivity index (χ1n) is 7.52. The van der Waals surface area contributed by atoms with Crippen LogP contribution in [-0.2, 0) is 11.3 Å². The van der Waals surface area contributed by atoms with E-state index in [1.54, 1.807) is 11.3 Å². The van der Waals surface area contributed by atoms with Crippen LogP contribution < -0.4 is 5.73 Å². The molecule has 2 fully saturated rings. The first-order chi connectivity index (χ1) is 9.79. The van der Waals surface area contributed by atoms with Crippen LogP contribution in [0.3, 0.4) is 0 Å². The van der Waals surface area contributed by atoms with E-state index in [9.17, 15) is 0 Å². The molecule has 3 heterocycles. The molecule has 1 aromatic rings. The predicted molar refractivity (Wildman–Crippen MR) is 81.8 cm³/mol.